The third-order valence-corrected chi connectivity index (χ3v) is 6.21. The second-order valence-electron chi connectivity index (χ2n) is 8.43. The number of nitrogens with zero attached hydrogens (tertiary/aromatic N) is 3. The highest BCUT2D eigenvalue weighted by Crippen LogP contribution is 2.31. The van der Waals surface area contributed by atoms with Gasteiger partial charge in [0.05, 0.1) is 0 Å². The molecule has 30 heavy (non-hydrogen) atoms. The molecule has 0 aromatic rings. The van der Waals surface area contributed by atoms with Crippen molar-refractivity contribution in [1.82, 2.24) is 10.2 Å². The zero-order valence-electron chi connectivity index (χ0n) is 18.2. The quantitative estimate of drug-likeness (QED) is 0.269. The van der Waals surface area contributed by atoms with Gasteiger partial charge >= 0.3 is 0 Å². The Morgan fingerprint density at radius 1 is 1.27 bits per heavy atom. The van der Waals surface area contributed by atoms with Crippen LogP contribution in [0.4, 0.5) is 8.78 Å². The Morgan fingerprint density at radius 2 is 2.03 bits per heavy atom. The predicted molar refractivity (Wildman–Crippen MR) is 126 cm³/mol. The molecule has 0 aromatic carbocycles. The number of rotatable bonds is 7. The van der Waals surface area contributed by atoms with Crippen molar-refractivity contribution in [3.8, 4) is 0 Å². The number of hydrogen-bond acceptors (Lipinski definition) is 3. The molecule has 2 atom stereocenters. The van der Waals surface area contributed by atoms with Gasteiger partial charge < -0.3 is 10.2 Å². The van der Waals surface area contributed by atoms with Crippen molar-refractivity contribution in [2.45, 2.75) is 51.1 Å². The second kappa shape index (κ2) is 10.8. The van der Waals surface area contributed by atoms with E-state index >= 15 is 0 Å². The smallest absolute Gasteiger partial charge is 0.262 e. The van der Waals surface area contributed by atoms with Crippen LogP contribution in [0, 0.1) is 11.8 Å². The van der Waals surface area contributed by atoms with Crippen LogP contribution in [-0.2, 0) is 0 Å². The van der Waals surface area contributed by atoms with Crippen LogP contribution < -0.4 is 5.32 Å². The van der Waals surface area contributed by atoms with Crippen LogP contribution >= 0.6 is 9.24 Å². The molecule has 0 bridgehead atoms. The molecule has 1 N–H and O–H groups in total. The van der Waals surface area contributed by atoms with Crippen LogP contribution in [0.25, 0.3) is 0 Å². The number of nitrogens with one attached hydrogen (secondary N) is 1. The molecule has 3 aliphatic rings. The lowest BCUT2D eigenvalue weighted by atomic mass is 9.97. The maximum atomic E-state index is 13.1. The first-order valence-corrected chi connectivity index (χ1v) is 11.7. The summed E-state index contributed by atoms with van der Waals surface area (Å²) in [4.78, 5) is 11.9. The lowest BCUT2D eigenvalue weighted by molar-refractivity contribution is 0.108. The summed E-state index contributed by atoms with van der Waals surface area (Å²) in [5.74, 6) is 2.05. The molecule has 0 aromatic heterocycles. The molecule has 2 fully saturated rings. The summed E-state index contributed by atoms with van der Waals surface area (Å²) in [6.45, 7) is 5.68. The molecule has 2 unspecified atom stereocenters. The number of halogens is 2. The minimum absolute atomic E-state index is 0.255. The average molecular weight is 437 g/mol. The van der Waals surface area contributed by atoms with Crippen molar-refractivity contribution >= 4 is 21.3 Å². The van der Waals surface area contributed by atoms with E-state index in [4.69, 9.17) is 4.99 Å². The summed E-state index contributed by atoms with van der Waals surface area (Å²) >= 11 is 0. The summed E-state index contributed by atoms with van der Waals surface area (Å²) in [6.07, 6.45) is 12.8. The Kier molecular flexibility index (Phi) is 8.35. The molecule has 2 heterocycles. The number of alkyl halides is 2. The van der Waals surface area contributed by atoms with Crippen molar-refractivity contribution in [2.75, 3.05) is 33.2 Å². The largest absolute Gasteiger partial charge is 0.356 e. The summed E-state index contributed by atoms with van der Waals surface area (Å²) in [7, 11) is 3.47. The topological polar surface area (TPSA) is 40.0 Å². The van der Waals surface area contributed by atoms with E-state index in [0.29, 0.717) is 11.8 Å². The molecule has 0 amide bonds. The Labute approximate surface area is 181 Å². The van der Waals surface area contributed by atoms with Crippen molar-refractivity contribution in [3.05, 3.63) is 35.1 Å². The number of allylic oxidation sites excluding steroid dienone is 3. The van der Waals surface area contributed by atoms with Crippen molar-refractivity contribution in [1.29, 1.82) is 0 Å². The van der Waals surface area contributed by atoms with E-state index in [-0.39, 0.29) is 6.42 Å². The van der Waals surface area contributed by atoms with Crippen LogP contribution in [-0.4, -0.2) is 55.8 Å². The van der Waals surface area contributed by atoms with E-state index in [1.807, 2.05) is 20.0 Å². The number of amidine groups is 1. The van der Waals surface area contributed by atoms with E-state index in [1.165, 1.54) is 24.1 Å². The van der Waals surface area contributed by atoms with Gasteiger partial charge in [0.25, 0.3) is 5.66 Å². The van der Waals surface area contributed by atoms with E-state index in [1.54, 1.807) is 15.3 Å². The number of hydrogen-bond donors (Lipinski definition) is 1. The standard InChI is InChI=1S/C23H35F2N4P/c1-3-18(5-4-11-23(24,25)30)19-10-14-29(16-19)22(26-2)20-8-12-27-13-9-21(20)28-15-17-6-7-17/h3-5,15,17,19,27H,6-14,16,30H2,1-2H3/b5-4-,18-3+,26-22?,28-15?. The number of aliphatic imine (C=N–C) groups is 2. The first-order chi connectivity index (χ1) is 14.4. The molecule has 166 valence electrons. The van der Waals surface area contributed by atoms with Gasteiger partial charge in [0, 0.05) is 62.9 Å². The normalized spacial score (nSPS) is 25.1. The zero-order chi connectivity index (χ0) is 21.6. The summed E-state index contributed by atoms with van der Waals surface area (Å²) in [6, 6.07) is 0. The van der Waals surface area contributed by atoms with Gasteiger partial charge in [0.2, 0.25) is 0 Å². The van der Waals surface area contributed by atoms with Crippen LogP contribution in [0.1, 0.15) is 45.4 Å². The molecule has 4 nitrogen and oxygen atoms in total. The van der Waals surface area contributed by atoms with Crippen molar-refractivity contribution in [2.24, 2.45) is 21.8 Å². The van der Waals surface area contributed by atoms with Gasteiger partial charge in [-0.05, 0) is 50.6 Å². The Balaban J connectivity index is 1.72. The molecule has 1 saturated carbocycles. The fourth-order valence-corrected chi connectivity index (χ4v) is 4.31. The summed E-state index contributed by atoms with van der Waals surface area (Å²) < 4.78 is 26.2. The lowest BCUT2D eigenvalue weighted by Crippen LogP contribution is -2.31. The highest BCUT2D eigenvalue weighted by molar-refractivity contribution is 7.18. The summed E-state index contributed by atoms with van der Waals surface area (Å²) in [5, 5.41) is 3.48. The summed E-state index contributed by atoms with van der Waals surface area (Å²) in [5.41, 5.74) is 0.826. The fourth-order valence-electron chi connectivity index (χ4n) is 4.18. The second-order valence-corrected chi connectivity index (χ2v) is 9.27. The molecular formula is C23H35F2N4P. The lowest BCUT2D eigenvalue weighted by Gasteiger charge is -2.24. The van der Waals surface area contributed by atoms with Crippen LogP contribution in [0.5, 0.6) is 0 Å². The molecule has 2 aliphatic heterocycles. The highest BCUT2D eigenvalue weighted by atomic mass is 31.0. The van der Waals surface area contributed by atoms with Gasteiger partial charge in [0.1, 0.15) is 5.84 Å². The molecule has 1 saturated heterocycles. The molecule has 1 aliphatic carbocycles. The monoisotopic (exact) mass is 436 g/mol. The first kappa shape index (κ1) is 23.3. The van der Waals surface area contributed by atoms with Gasteiger partial charge in [-0.3, -0.25) is 9.98 Å². The Bertz CT molecular complexity index is 745. The molecule has 3 rings (SSSR count). The van der Waals surface area contributed by atoms with Crippen LogP contribution in [0.15, 0.2) is 45.1 Å². The SMILES string of the molecule is C/C=C(\C=C/CC(F)(F)P)C1CCN(C(=NC)C2=C(N=CC3CC3)CCNCC2)C1. The third-order valence-electron chi connectivity index (χ3n) is 5.98. The van der Waals surface area contributed by atoms with Gasteiger partial charge in [-0.1, -0.05) is 27.5 Å². The molecule has 0 spiro atoms. The minimum Gasteiger partial charge on any atom is -0.356 e. The molecule has 7 heteroatoms. The van der Waals surface area contributed by atoms with Gasteiger partial charge in [-0.25, -0.2) is 8.78 Å². The first-order valence-electron chi connectivity index (χ1n) is 11.1. The van der Waals surface area contributed by atoms with Crippen LogP contribution in [0.3, 0.4) is 0 Å². The fraction of sp³-hybridized carbons (Fsp3) is 0.652. The molecular weight excluding hydrogens is 401 g/mol. The maximum absolute atomic E-state index is 13.1. The Hall–Kier alpha value is -1.39. The van der Waals surface area contributed by atoms with Gasteiger partial charge in [0.15, 0.2) is 0 Å². The zero-order valence-corrected chi connectivity index (χ0v) is 19.4. The number of likely N-dealkylation sites (tertiary alicyclic amines) is 1. The van der Waals surface area contributed by atoms with Gasteiger partial charge in [-0.15, -0.1) is 0 Å². The molecule has 0 radical (unpaired) electrons. The average Bonchev–Trinajstić information content (AvgIpc) is 3.45. The Morgan fingerprint density at radius 3 is 2.70 bits per heavy atom. The maximum Gasteiger partial charge on any atom is 0.262 e. The third kappa shape index (κ3) is 6.81. The van der Waals surface area contributed by atoms with E-state index in [9.17, 15) is 8.78 Å². The van der Waals surface area contributed by atoms with Crippen molar-refractivity contribution < 1.29 is 8.78 Å². The van der Waals surface area contributed by atoms with Gasteiger partial charge in [-0.2, -0.15) is 0 Å². The predicted octanol–water partition coefficient (Wildman–Crippen LogP) is 4.82. The van der Waals surface area contributed by atoms with E-state index < -0.39 is 5.66 Å². The van der Waals surface area contributed by atoms with E-state index in [0.717, 1.165) is 56.9 Å². The van der Waals surface area contributed by atoms with E-state index in [2.05, 4.69) is 27.5 Å². The van der Waals surface area contributed by atoms with Crippen molar-refractivity contribution in [3.63, 3.8) is 0 Å². The van der Waals surface area contributed by atoms with Crippen LogP contribution in [0.2, 0.25) is 0 Å². The minimum atomic E-state index is -2.74. The highest BCUT2D eigenvalue weighted by Gasteiger charge is 2.29.